The van der Waals surface area contributed by atoms with E-state index in [0.29, 0.717) is 5.92 Å². The molecule has 1 unspecified atom stereocenters. The van der Waals surface area contributed by atoms with Crippen molar-refractivity contribution in [2.24, 2.45) is 5.92 Å². The van der Waals surface area contributed by atoms with Crippen molar-refractivity contribution in [2.45, 2.75) is 19.3 Å². The zero-order valence-corrected chi connectivity index (χ0v) is 12.7. The Morgan fingerprint density at radius 3 is 2.56 bits per heavy atom. The Labute approximate surface area is 119 Å². The molecule has 102 valence electrons. The maximum absolute atomic E-state index is 5.60. The van der Waals surface area contributed by atoms with Crippen LogP contribution in [0.3, 0.4) is 0 Å². The molecule has 0 radical (unpaired) electrons. The third-order valence-corrected chi connectivity index (χ3v) is 3.81. The third kappa shape index (κ3) is 7.14. The number of rotatable bonds is 10. The highest BCUT2D eigenvalue weighted by Gasteiger charge is 2.08. The van der Waals surface area contributed by atoms with Gasteiger partial charge in [-0.3, -0.25) is 0 Å². The van der Waals surface area contributed by atoms with E-state index in [4.69, 9.17) is 9.47 Å². The molecule has 2 nitrogen and oxygen atoms in total. The van der Waals surface area contributed by atoms with Crippen molar-refractivity contribution in [1.29, 1.82) is 0 Å². The molecule has 0 aromatic heterocycles. The smallest absolute Gasteiger partial charge is 0.0487 e. The minimum atomic E-state index is 0.648. The van der Waals surface area contributed by atoms with E-state index >= 15 is 0 Å². The summed E-state index contributed by atoms with van der Waals surface area (Å²) in [5.74, 6) is 0.648. The van der Waals surface area contributed by atoms with Crippen LogP contribution in [0.1, 0.15) is 18.4 Å². The lowest BCUT2D eigenvalue weighted by molar-refractivity contribution is 0.0953. The van der Waals surface area contributed by atoms with E-state index in [-0.39, 0.29) is 0 Å². The van der Waals surface area contributed by atoms with Crippen LogP contribution in [0.4, 0.5) is 0 Å². The molecule has 0 aliphatic heterocycles. The van der Waals surface area contributed by atoms with Crippen LogP contribution in [0, 0.1) is 5.92 Å². The number of hydrogen-bond donors (Lipinski definition) is 0. The van der Waals surface area contributed by atoms with Gasteiger partial charge in [-0.25, -0.2) is 0 Å². The van der Waals surface area contributed by atoms with Crippen LogP contribution in [0.5, 0.6) is 0 Å². The lowest BCUT2D eigenvalue weighted by Gasteiger charge is -2.14. The quantitative estimate of drug-likeness (QED) is 0.484. The summed E-state index contributed by atoms with van der Waals surface area (Å²) in [6, 6.07) is 10.6. The van der Waals surface area contributed by atoms with Crippen LogP contribution in [-0.2, 0) is 15.9 Å². The average molecular weight is 315 g/mol. The van der Waals surface area contributed by atoms with Crippen molar-refractivity contribution >= 4 is 15.9 Å². The van der Waals surface area contributed by atoms with Gasteiger partial charge in [-0.15, -0.1) is 0 Å². The number of ether oxygens (including phenoxy) is 2. The molecule has 1 aromatic carbocycles. The molecule has 1 aromatic rings. The number of alkyl halides is 1. The summed E-state index contributed by atoms with van der Waals surface area (Å²) in [6.45, 7) is 2.42. The molecule has 3 heteroatoms. The number of hydrogen-bond acceptors (Lipinski definition) is 2. The Kier molecular flexibility index (Phi) is 9.17. The van der Waals surface area contributed by atoms with Gasteiger partial charge in [0.25, 0.3) is 0 Å². The topological polar surface area (TPSA) is 18.5 Å². The largest absolute Gasteiger partial charge is 0.385 e. The zero-order chi connectivity index (χ0) is 13.1. The first-order valence-electron chi connectivity index (χ1n) is 6.53. The molecule has 18 heavy (non-hydrogen) atoms. The predicted octanol–water partition coefficient (Wildman–Crippen LogP) is 3.68. The molecule has 0 saturated heterocycles. The molecule has 0 bridgehead atoms. The molecular formula is C15H23BrO2. The van der Waals surface area contributed by atoms with E-state index in [1.54, 1.807) is 7.11 Å². The molecule has 0 amide bonds. The molecule has 0 aliphatic rings. The third-order valence-electron chi connectivity index (χ3n) is 2.89. The predicted molar refractivity (Wildman–Crippen MR) is 79.4 cm³/mol. The molecule has 0 N–H and O–H groups in total. The Bertz CT molecular complexity index is 290. The summed E-state index contributed by atoms with van der Waals surface area (Å²) in [7, 11) is 1.72. The van der Waals surface area contributed by atoms with E-state index in [0.717, 1.165) is 44.4 Å². The van der Waals surface area contributed by atoms with E-state index < -0.39 is 0 Å². The summed E-state index contributed by atoms with van der Waals surface area (Å²) >= 11 is 3.59. The zero-order valence-electron chi connectivity index (χ0n) is 11.1. The first-order chi connectivity index (χ1) is 8.86. The molecular weight excluding hydrogens is 292 g/mol. The Hall–Kier alpha value is -0.380. The molecule has 0 heterocycles. The summed E-state index contributed by atoms with van der Waals surface area (Å²) in [4.78, 5) is 0. The van der Waals surface area contributed by atoms with Crippen molar-refractivity contribution < 1.29 is 9.47 Å². The number of benzene rings is 1. The fourth-order valence-corrected chi connectivity index (χ4v) is 2.39. The SMILES string of the molecule is COCCCOCCC(CBr)Cc1ccccc1. The number of methoxy groups -OCH3 is 1. The van der Waals surface area contributed by atoms with Crippen molar-refractivity contribution in [3.63, 3.8) is 0 Å². The van der Waals surface area contributed by atoms with Crippen LogP contribution < -0.4 is 0 Å². The average Bonchev–Trinajstić information content (AvgIpc) is 2.42. The highest BCUT2D eigenvalue weighted by Crippen LogP contribution is 2.14. The van der Waals surface area contributed by atoms with E-state index in [9.17, 15) is 0 Å². The molecule has 0 fully saturated rings. The van der Waals surface area contributed by atoms with E-state index in [2.05, 4.69) is 46.3 Å². The van der Waals surface area contributed by atoms with Gasteiger partial charge in [0.2, 0.25) is 0 Å². The summed E-state index contributed by atoms with van der Waals surface area (Å²) in [6.07, 6.45) is 3.20. The number of halogens is 1. The molecule has 0 aliphatic carbocycles. The highest BCUT2D eigenvalue weighted by molar-refractivity contribution is 9.09. The van der Waals surface area contributed by atoms with E-state index in [1.807, 2.05) is 0 Å². The van der Waals surface area contributed by atoms with Gasteiger partial charge in [0.05, 0.1) is 0 Å². The Morgan fingerprint density at radius 1 is 1.11 bits per heavy atom. The second kappa shape index (κ2) is 10.5. The van der Waals surface area contributed by atoms with E-state index in [1.165, 1.54) is 5.56 Å². The fraction of sp³-hybridized carbons (Fsp3) is 0.600. The van der Waals surface area contributed by atoms with Crippen LogP contribution in [-0.4, -0.2) is 32.3 Å². The standard InChI is InChI=1S/C15H23BrO2/c1-17-9-5-10-18-11-8-15(13-16)12-14-6-3-2-4-7-14/h2-4,6-7,15H,5,8-13H2,1H3. The molecule has 0 spiro atoms. The molecule has 1 rings (SSSR count). The first kappa shape index (κ1) is 15.7. The van der Waals surface area contributed by atoms with Crippen LogP contribution in [0.25, 0.3) is 0 Å². The lowest BCUT2D eigenvalue weighted by Crippen LogP contribution is -2.11. The van der Waals surface area contributed by atoms with Crippen molar-refractivity contribution in [3.05, 3.63) is 35.9 Å². The van der Waals surface area contributed by atoms with Gasteiger partial charge in [0.15, 0.2) is 0 Å². The van der Waals surface area contributed by atoms with Crippen LogP contribution in [0.2, 0.25) is 0 Å². The summed E-state index contributed by atoms with van der Waals surface area (Å²) in [5, 5.41) is 1.03. The van der Waals surface area contributed by atoms with Crippen LogP contribution in [0.15, 0.2) is 30.3 Å². The lowest BCUT2D eigenvalue weighted by atomic mass is 9.98. The second-order valence-electron chi connectivity index (χ2n) is 4.46. The van der Waals surface area contributed by atoms with Gasteiger partial charge < -0.3 is 9.47 Å². The Morgan fingerprint density at radius 2 is 1.89 bits per heavy atom. The molecule has 1 atom stereocenters. The summed E-state index contributed by atoms with van der Waals surface area (Å²) < 4.78 is 10.6. The van der Waals surface area contributed by atoms with Gasteiger partial charge >= 0.3 is 0 Å². The Balaban J connectivity index is 2.14. The van der Waals surface area contributed by atoms with Gasteiger partial charge in [-0.05, 0) is 30.7 Å². The van der Waals surface area contributed by atoms with Crippen LogP contribution >= 0.6 is 15.9 Å². The van der Waals surface area contributed by atoms with Gasteiger partial charge in [-0.1, -0.05) is 46.3 Å². The maximum atomic E-state index is 5.60. The minimum absolute atomic E-state index is 0.648. The van der Waals surface area contributed by atoms with Gasteiger partial charge in [0, 0.05) is 32.3 Å². The van der Waals surface area contributed by atoms with Crippen molar-refractivity contribution in [1.82, 2.24) is 0 Å². The van der Waals surface area contributed by atoms with Crippen molar-refractivity contribution in [2.75, 3.05) is 32.3 Å². The minimum Gasteiger partial charge on any atom is -0.385 e. The molecule has 0 saturated carbocycles. The fourth-order valence-electron chi connectivity index (χ4n) is 1.84. The highest BCUT2D eigenvalue weighted by atomic mass is 79.9. The van der Waals surface area contributed by atoms with Gasteiger partial charge in [0.1, 0.15) is 0 Å². The second-order valence-corrected chi connectivity index (χ2v) is 5.10. The summed E-state index contributed by atoms with van der Waals surface area (Å²) in [5.41, 5.74) is 1.40. The maximum Gasteiger partial charge on any atom is 0.0487 e. The van der Waals surface area contributed by atoms with Gasteiger partial charge in [-0.2, -0.15) is 0 Å². The van der Waals surface area contributed by atoms with Crippen molar-refractivity contribution in [3.8, 4) is 0 Å². The monoisotopic (exact) mass is 314 g/mol. The normalized spacial score (nSPS) is 12.6. The first-order valence-corrected chi connectivity index (χ1v) is 7.65.